The molecule has 1 N–H and O–H groups in total. The minimum Gasteiger partial charge on any atom is -0.333 e. The normalized spacial score (nSPS) is 18.1. The standard InChI is InChI=1S/C14H17N5O.ClH/c1-11-8-15-6-7-19(11)14(20)12-2-4-13(5-3-12)18-9-16-17-10-18;/h2-5,9-11,15H,6-8H2,1H3;1H/t11-;/m1./s1. The maximum Gasteiger partial charge on any atom is 0.254 e. The number of aromatic nitrogens is 3. The Morgan fingerprint density at radius 3 is 2.52 bits per heavy atom. The van der Waals surface area contributed by atoms with E-state index >= 15 is 0 Å². The van der Waals surface area contributed by atoms with Crippen molar-refractivity contribution in [3.05, 3.63) is 42.5 Å². The molecule has 0 aliphatic carbocycles. The molecule has 1 atom stereocenters. The van der Waals surface area contributed by atoms with Gasteiger partial charge in [0, 0.05) is 36.9 Å². The van der Waals surface area contributed by atoms with Crippen LogP contribution in [0.15, 0.2) is 36.9 Å². The molecule has 1 amide bonds. The number of rotatable bonds is 2. The second-order valence-corrected chi connectivity index (χ2v) is 4.97. The summed E-state index contributed by atoms with van der Waals surface area (Å²) in [6.07, 6.45) is 3.27. The van der Waals surface area contributed by atoms with Crippen molar-refractivity contribution in [2.45, 2.75) is 13.0 Å². The van der Waals surface area contributed by atoms with Gasteiger partial charge in [0.1, 0.15) is 12.7 Å². The van der Waals surface area contributed by atoms with Gasteiger partial charge in [0.15, 0.2) is 0 Å². The van der Waals surface area contributed by atoms with E-state index in [9.17, 15) is 4.79 Å². The van der Waals surface area contributed by atoms with E-state index in [1.54, 1.807) is 12.7 Å². The summed E-state index contributed by atoms with van der Waals surface area (Å²) < 4.78 is 1.81. The molecule has 1 aliphatic rings. The zero-order chi connectivity index (χ0) is 13.9. The Morgan fingerprint density at radius 1 is 1.24 bits per heavy atom. The maximum absolute atomic E-state index is 12.5. The highest BCUT2D eigenvalue weighted by Crippen LogP contribution is 2.13. The average molecular weight is 308 g/mol. The Hall–Kier alpha value is -1.92. The Labute approximate surface area is 129 Å². The number of hydrogen-bond acceptors (Lipinski definition) is 4. The monoisotopic (exact) mass is 307 g/mol. The Morgan fingerprint density at radius 2 is 1.90 bits per heavy atom. The summed E-state index contributed by atoms with van der Waals surface area (Å²) in [5.74, 6) is 0.0920. The molecule has 6 nitrogen and oxygen atoms in total. The van der Waals surface area contributed by atoms with E-state index < -0.39 is 0 Å². The molecule has 3 rings (SSSR count). The third kappa shape index (κ3) is 3.22. The van der Waals surface area contributed by atoms with Gasteiger partial charge in [-0.3, -0.25) is 9.36 Å². The lowest BCUT2D eigenvalue weighted by Crippen LogP contribution is -2.52. The minimum absolute atomic E-state index is 0. The number of hydrogen-bond donors (Lipinski definition) is 1. The molecule has 7 heteroatoms. The first kappa shape index (κ1) is 15.5. The van der Waals surface area contributed by atoms with E-state index in [2.05, 4.69) is 22.4 Å². The van der Waals surface area contributed by atoms with Gasteiger partial charge in [-0.25, -0.2) is 0 Å². The van der Waals surface area contributed by atoms with Crippen LogP contribution in [0.4, 0.5) is 0 Å². The number of carbonyl (C=O) groups excluding carboxylic acids is 1. The molecule has 21 heavy (non-hydrogen) atoms. The van der Waals surface area contributed by atoms with Gasteiger partial charge in [-0.1, -0.05) is 0 Å². The third-order valence-electron chi connectivity index (χ3n) is 3.59. The predicted molar refractivity (Wildman–Crippen MR) is 82.0 cm³/mol. The summed E-state index contributed by atoms with van der Waals surface area (Å²) in [7, 11) is 0. The fourth-order valence-electron chi connectivity index (χ4n) is 2.42. The number of amides is 1. The molecular formula is C14H18ClN5O. The SMILES string of the molecule is C[C@@H]1CNCCN1C(=O)c1ccc(-n2cnnc2)cc1.Cl. The number of piperazine rings is 1. The van der Waals surface area contributed by atoms with Crippen molar-refractivity contribution in [2.24, 2.45) is 0 Å². The molecule has 1 fully saturated rings. The summed E-state index contributed by atoms with van der Waals surface area (Å²) in [5.41, 5.74) is 1.66. The van der Waals surface area contributed by atoms with Crippen LogP contribution in [0.5, 0.6) is 0 Å². The van der Waals surface area contributed by atoms with Crippen LogP contribution in [-0.2, 0) is 0 Å². The van der Waals surface area contributed by atoms with Gasteiger partial charge in [0.25, 0.3) is 5.91 Å². The molecule has 112 valence electrons. The first-order valence-corrected chi connectivity index (χ1v) is 6.72. The number of nitrogens with zero attached hydrogens (tertiary/aromatic N) is 4. The van der Waals surface area contributed by atoms with E-state index in [1.165, 1.54) is 0 Å². The number of nitrogens with one attached hydrogen (secondary N) is 1. The molecule has 2 heterocycles. The fraction of sp³-hybridized carbons (Fsp3) is 0.357. The highest BCUT2D eigenvalue weighted by molar-refractivity contribution is 5.94. The molecule has 0 spiro atoms. The van der Waals surface area contributed by atoms with E-state index in [0.717, 1.165) is 30.9 Å². The highest BCUT2D eigenvalue weighted by atomic mass is 35.5. The van der Waals surface area contributed by atoms with Crippen LogP contribution in [0.1, 0.15) is 17.3 Å². The zero-order valence-electron chi connectivity index (χ0n) is 11.8. The van der Waals surface area contributed by atoms with Gasteiger partial charge in [0.2, 0.25) is 0 Å². The largest absolute Gasteiger partial charge is 0.333 e. The van der Waals surface area contributed by atoms with E-state index in [0.29, 0.717) is 0 Å². The second-order valence-electron chi connectivity index (χ2n) is 4.97. The van der Waals surface area contributed by atoms with Gasteiger partial charge in [-0.05, 0) is 31.2 Å². The van der Waals surface area contributed by atoms with Crippen LogP contribution < -0.4 is 5.32 Å². The van der Waals surface area contributed by atoms with Crippen LogP contribution in [-0.4, -0.2) is 51.2 Å². The van der Waals surface area contributed by atoms with Gasteiger partial charge in [-0.2, -0.15) is 0 Å². The van der Waals surface area contributed by atoms with Gasteiger partial charge < -0.3 is 10.2 Å². The highest BCUT2D eigenvalue weighted by Gasteiger charge is 2.23. The molecule has 0 saturated carbocycles. The molecule has 1 aliphatic heterocycles. The molecule has 2 aromatic rings. The molecule has 1 saturated heterocycles. The van der Waals surface area contributed by atoms with Crippen LogP contribution >= 0.6 is 12.4 Å². The van der Waals surface area contributed by atoms with Crippen molar-refractivity contribution in [3.63, 3.8) is 0 Å². The van der Waals surface area contributed by atoms with Crippen molar-refractivity contribution >= 4 is 18.3 Å². The lowest BCUT2D eigenvalue weighted by atomic mass is 10.1. The van der Waals surface area contributed by atoms with Crippen molar-refractivity contribution < 1.29 is 4.79 Å². The van der Waals surface area contributed by atoms with Crippen molar-refractivity contribution in [2.75, 3.05) is 19.6 Å². The smallest absolute Gasteiger partial charge is 0.254 e. The van der Waals surface area contributed by atoms with E-state index in [-0.39, 0.29) is 24.4 Å². The van der Waals surface area contributed by atoms with Gasteiger partial charge >= 0.3 is 0 Å². The number of halogens is 1. The summed E-state index contributed by atoms with van der Waals surface area (Å²) in [4.78, 5) is 14.4. The zero-order valence-corrected chi connectivity index (χ0v) is 12.6. The topological polar surface area (TPSA) is 63.1 Å². The Balaban J connectivity index is 0.00000161. The fourth-order valence-corrected chi connectivity index (χ4v) is 2.42. The Bertz CT molecular complexity index is 584. The average Bonchev–Trinajstić information content (AvgIpc) is 3.01. The van der Waals surface area contributed by atoms with Gasteiger partial charge in [0.05, 0.1) is 0 Å². The van der Waals surface area contributed by atoms with Crippen LogP contribution in [0.25, 0.3) is 5.69 Å². The van der Waals surface area contributed by atoms with Crippen molar-refractivity contribution in [1.29, 1.82) is 0 Å². The molecule has 0 unspecified atom stereocenters. The lowest BCUT2D eigenvalue weighted by Gasteiger charge is -2.34. The van der Waals surface area contributed by atoms with E-state index in [1.807, 2.05) is 33.7 Å². The maximum atomic E-state index is 12.5. The van der Waals surface area contributed by atoms with Crippen LogP contribution in [0.3, 0.4) is 0 Å². The Kier molecular flexibility index (Phi) is 4.93. The molecule has 1 aromatic heterocycles. The summed E-state index contributed by atoms with van der Waals surface area (Å²) in [5, 5.41) is 10.8. The second kappa shape index (κ2) is 6.69. The first-order valence-electron chi connectivity index (χ1n) is 6.72. The number of benzene rings is 1. The van der Waals surface area contributed by atoms with Crippen LogP contribution in [0.2, 0.25) is 0 Å². The summed E-state index contributed by atoms with van der Waals surface area (Å²) in [6.45, 7) is 4.53. The van der Waals surface area contributed by atoms with E-state index in [4.69, 9.17) is 0 Å². The number of carbonyl (C=O) groups is 1. The molecule has 1 aromatic carbocycles. The quantitative estimate of drug-likeness (QED) is 0.903. The van der Waals surface area contributed by atoms with Gasteiger partial charge in [-0.15, -0.1) is 22.6 Å². The molecule has 0 radical (unpaired) electrons. The minimum atomic E-state index is 0. The summed E-state index contributed by atoms with van der Waals surface area (Å²) >= 11 is 0. The molecular weight excluding hydrogens is 290 g/mol. The molecule has 0 bridgehead atoms. The lowest BCUT2D eigenvalue weighted by molar-refractivity contribution is 0.0656. The summed E-state index contributed by atoms with van der Waals surface area (Å²) in [6, 6.07) is 7.75. The first-order chi connectivity index (χ1) is 9.75. The third-order valence-corrected chi connectivity index (χ3v) is 3.59. The van der Waals surface area contributed by atoms with Crippen molar-refractivity contribution in [1.82, 2.24) is 25.0 Å². The van der Waals surface area contributed by atoms with Crippen LogP contribution in [0, 0.1) is 0 Å². The van der Waals surface area contributed by atoms with Crippen molar-refractivity contribution in [3.8, 4) is 5.69 Å². The predicted octanol–water partition coefficient (Wildman–Crippen LogP) is 1.12.